The maximum Gasteiger partial charge on any atom is 0.180 e. The Balaban J connectivity index is 2.04. The van der Waals surface area contributed by atoms with Crippen LogP contribution >= 0.6 is 15.9 Å². The molecule has 1 aliphatic rings. The highest BCUT2D eigenvalue weighted by Crippen LogP contribution is 2.38. The van der Waals surface area contributed by atoms with Crippen LogP contribution in [0.2, 0.25) is 0 Å². The molecule has 0 aliphatic heterocycles. The molecule has 21 heavy (non-hydrogen) atoms. The number of nitrogen functional groups attached to an aromatic ring is 1. The SMILES string of the molecule is CCCn1nccc1-c1nc(N)c(Br)c(C2CCCC2)n1. The molecule has 0 unspecified atom stereocenters. The summed E-state index contributed by atoms with van der Waals surface area (Å²) in [7, 11) is 0. The minimum Gasteiger partial charge on any atom is -0.383 e. The highest BCUT2D eigenvalue weighted by Gasteiger charge is 2.24. The molecule has 6 heteroatoms. The Morgan fingerprint density at radius 2 is 2.10 bits per heavy atom. The van der Waals surface area contributed by atoms with Gasteiger partial charge in [0, 0.05) is 18.7 Å². The fourth-order valence-electron chi connectivity index (χ4n) is 2.98. The number of nitrogens with two attached hydrogens (primary N) is 1. The molecule has 1 fully saturated rings. The Bertz CT molecular complexity index is 631. The first-order valence-electron chi connectivity index (χ1n) is 7.55. The van der Waals surface area contributed by atoms with Crippen LogP contribution in [-0.2, 0) is 6.54 Å². The third-order valence-corrected chi connectivity index (χ3v) is 4.84. The van der Waals surface area contributed by atoms with Crippen LogP contribution in [0.25, 0.3) is 11.5 Å². The molecule has 0 bridgehead atoms. The zero-order valence-electron chi connectivity index (χ0n) is 12.2. The molecule has 0 saturated heterocycles. The number of nitrogens with zero attached hydrogens (tertiary/aromatic N) is 4. The number of hydrogen-bond acceptors (Lipinski definition) is 4. The molecule has 2 N–H and O–H groups in total. The number of rotatable bonds is 4. The van der Waals surface area contributed by atoms with Crippen LogP contribution in [0.1, 0.15) is 50.6 Å². The second kappa shape index (κ2) is 6.13. The van der Waals surface area contributed by atoms with Crippen LogP contribution in [0.4, 0.5) is 5.82 Å². The molecular formula is C15H20BrN5. The molecule has 0 atom stereocenters. The van der Waals surface area contributed by atoms with Crippen molar-refractivity contribution in [3.05, 3.63) is 22.4 Å². The number of anilines is 1. The van der Waals surface area contributed by atoms with Gasteiger partial charge in [-0.15, -0.1) is 0 Å². The van der Waals surface area contributed by atoms with Gasteiger partial charge in [-0.1, -0.05) is 19.8 Å². The fraction of sp³-hybridized carbons (Fsp3) is 0.533. The number of aromatic nitrogens is 4. The van der Waals surface area contributed by atoms with Crippen molar-refractivity contribution in [3.63, 3.8) is 0 Å². The van der Waals surface area contributed by atoms with Crippen LogP contribution < -0.4 is 5.73 Å². The molecule has 0 amide bonds. The highest BCUT2D eigenvalue weighted by atomic mass is 79.9. The molecule has 1 aliphatic carbocycles. The monoisotopic (exact) mass is 349 g/mol. The lowest BCUT2D eigenvalue weighted by Crippen LogP contribution is -2.09. The van der Waals surface area contributed by atoms with E-state index in [-0.39, 0.29) is 0 Å². The summed E-state index contributed by atoms with van der Waals surface area (Å²) >= 11 is 3.56. The van der Waals surface area contributed by atoms with Crippen LogP contribution in [0.3, 0.4) is 0 Å². The van der Waals surface area contributed by atoms with Gasteiger partial charge in [-0.2, -0.15) is 5.10 Å². The van der Waals surface area contributed by atoms with Gasteiger partial charge in [0.1, 0.15) is 11.5 Å². The van der Waals surface area contributed by atoms with Crippen LogP contribution in [-0.4, -0.2) is 19.7 Å². The van der Waals surface area contributed by atoms with E-state index in [4.69, 9.17) is 10.7 Å². The topological polar surface area (TPSA) is 69.6 Å². The zero-order valence-corrected chi connectivity index (χ0v) is 13.8. The average molecular weight is 350 g/mol. The third kappa shape index (κ3) is 2.81. The van der Waals surface area contributed by atoms with Gasteiger partial charge in [-0.3, -0.25) is 4.68 Å². The van der Waals surface area contributed by atoms with Crippen molar-refractivity contribution in [1.29, 1.82) is 0 Å². The average Bonchev–Trinajstić information content (AvgIpc) is 3.13. The molecule has 1 saturated carbocycles. The zero-order chi connectivity index (χ0) is 14.8. The van der Waals surface area contributed by atoms with E-state index in [0.717, 1.165) is 28.8 Å². The lowest BCUT2D eigenvalue weighted by atomic mass is 10.0. The van der Waals surface area contributed by atoms with Crippen LogP contribution in [0.5, 0.6) is 0 Å². The summed E-state index contributed by atoms with van der Waals surface area (Å²) < 4.78 is 2.81. The van der Waals surface area contributed by atoms with Crippen molar-refractivity contribution in [2.75, 3.05) is 5.73 Å². The minimum absolute atomic E-state index is 0.492. The molecule has 2 heterocycles. The van der Waals surface area contributed by atoms with Crippen LogP contribution in [0, 0.1) is 0 Å². The molecule has 0 aromatic carbocycles. The fourth-order valence-corrected chi connectivity index (χ4v) is 3.48. The maximum atomic E-state index is 6.09. The van der Waals surface area contributed by atoms with E-state index in [0.29, 0.717) is 17.6 Å². The van der Waals surface area contributed by atoms with Gasteiger partial charge >= 0.3 is 0 Å². The van der Waals surface area contributed by atoms with E-state index in [1.165, 1.54) is 25.7 Å². The number of halogens is 1. The molecule has 112 valence electrons. The second-order valence-corrected chi connectivity index (χ2v) is 6.35. The van der Waals surface area contributed by atoms with Crippen molar-refractivity contribution < 1.29 is 0 Å². The third-order valence-electron chi connectivity index (χ3n) is 4.03. The smallest absolute Gasteiger partial charge is 0.180 e. The van der Waals surface area contributed by atoms with Gasteiger partial charge in [0.15, 0.2) is 5.82 Å². The molecule has 0 spiro atoms. The Labute approximate surface area is 133 Å². The summed E-state index contributed by atoms with van der Waals surface area (Å²) in [5, 5.41) is 4.35. The van der Waals surface area contributed by atoms with Gasteiger partial charge < -0.3 is 5.73 Å². The number of hydrogen-bond donors (Lipinski definition) is 1. The predicted octanol–water partition coefficient (Wildman–Crippen LogP) is 3.75. The Hall–Kier alpha value is -1.43. The van der Waals surface area contributed by atoms with Crippen molar-refractivity contribution in [3.8, 4) is 11.5 Å². The summed E-state index contributed by atoms with van der Waals surface area (Å²) in [4.78, 5) is 9.25. The van der Waals surface area contributed by atoms with Gasteiger partial charge in [0.25, 0.3) is 0 Å². The van der Waals surface area contributed by atoms with Gasteiger partial charge in [-0.25, -0.2) is 9.97 Å². The van der Waals surface area contributed by atoms with Crippen molar-refractivity contribution in [2.24, 2.45) is 0 Å². The summed E-state index contributed by atoms with van der Waals surface area (Å²) in [6.07, 6.45) is 7.72. The van der Waals surface area contributed by atoms with Gasteiger partial charge in [-0.05, 0) is 41.3 Å². The van der Waals surface area contributed by atoms with Crippen LogP contribution in [0.15, 0.2) is 16.7 Å². The van der Waals surface area contributed by atoms with E-state index in [2.05, 4.69) is 32.9 Å². The van der Waals surface area contributed by atoms with Crippen molar-refractivity contribution in [1.82, 2.24) is 19.7 Å². The molecule has 0 radical (unpaired) electrons. The Morgan fingerprint density at radius 3 is 2.81 bits per heavy atom. The van der Waals surface area contributed by atoms with E-state index < -0.39 is 0 Å². The summed E-state index contributed by atoms with van der Waals surface area (Å²) in [6, 6.07) is 1.96. The maximum absolute atomic E-state index is 6.09. The quantitative estimate of drug-likeness (QED) is 0.912. The van der Waals surface area contributed by atoms with E-state index in [1.54, 1.807) is 6.20 Å². The molecular weight excluding hydrogens is 330 g/mol. The van der Waals surface area contributed by atoms with E-state index in [1.807, 2.05) is 10.7 Å². The first-order valence-corrected chi connectivity index (χ1v) is 8.35. The largest absolute Gasteiger partial charge is 0.383 e. The Morgan fingerprint density at radius 1 is 1.33 bits per heavy atom. The number of aryl methyl sites for hydroxylation is 1. The normalized spacial score (nSPS) is 15.7. The molecule has 2 aromatic rings. The first kappa shape index (κ1) is 14.5. The van der Waals surface area contributed by atoms with Gasteiger partial charge in [0.05, 0.1) is 10.2 Å². The van der Waals surface area contributed by atoms with Crippen molar-refractivity contribution >= 4 is 21.7 Å². The first-order chi connectivity index (χ1) is 10.2. The van der Waals surface area contributed by atoms with E-state index >= 15 is 0 Å². The van der Waals surface area contributed by atoms with Gasteiger partial charge in [0.2, 0.25) is 0 Å². The molecule has 3 rings (SSSR count). The van der Waals surface area contributed by atoms with Crippen molar-refractivity contribution in [2.45, 2.75) is 51.5 Å². The minimum atomic E-state index is 0.492. The predicted molar refractivity (Wildman–Crippen MR) is 86.9 cm³/mol. The lowest BCUT2D eigenvalue weighted by Gasteiger charge is -2.14. The lowest BCUT2D eigenvalue weighted by molar-refractivity contribution is 0.605. The second-order valence-electron chi connectivity index (χ2n) is 5.55. The Kier molecular flexibility index (Phi) is 4.24. The molecule has 2 aromatic heterocycles. The summed E-state index contributed by atoms with van der Waals surface area (Å²) in [5.41, 5.74) is 8.09. The summed E-state index contributed by atoms with van der Waals surface area (Å²) in [5.74, 6) is 1.70. The van der Waals surface area contributed by atoms with E-state index in [9.17, 15) is 0 Å². The standard InChI is InChI=1S/C15H20BrN5/c1-2-9-21-11(7-8-18-21)15-19-13(10-5-3-4-6-10)12(16)14(17)20-15/h7-8,10H,2-6,9H2,1H3,(H2,17,19,20). The summed E-state index contributed by atoms with van der Waals surface area (Å²) in [6.45, 7) is 2.99. The highest BCUT2D eigenvalue weighted by molar-refractivity contribution is 9.10. The molecule has 5 nitrogen and oxygen atoms in total.